The lowest BCUT2D eigenvalue weighted by atomic mass is 10.2. The summed E-state index contributed by atoms with van der Waals surface area (Å²) in [4.78, 5) is 11.1. The Kier molecular flexibility index (Phi) is 4.24. The first-order chi connectivity index (χ1) is 6.07. The van der Waals surface area contributed by atoms with E-state index in [0.717, 1.165) is 7.14 Å². The lowest BCUT2D eigenvalue weighted by molar-refractivity contribution is 0.107. The van der Waals surface area contributed by atoms with Crippen molar-refractivity contribution in [2.75, 3.05) is 7.11 Å². The van der Waals surface area contributed by atoms with Crippen LogP contribution in [0.1, 0.15) is 10.4 Å². The molecule has 0 spiro atoms. The summed E-state index contributed by atoms with van der Waals surface area (Å²) in [6, 6.07) is 3.62. The molecule has 0 aliphatic heterocycles. The summed E-state index contributed by atoms with van der Waals surface area (Å²) in [5.74, 6) is 0.518. The zero-order chi connectivity index (χ0) is 10.0. The van der Waals surface area contributed by atoms with Gasteiger partial charge in [0.15, 0.2) is 0 Å². The van der Waals surface area contributed by atoms with Crippen LogP contribution in [0.4, 0.5) is 0 Å². The van der Waals surface area contributed by atoms with Crippen LogP contribution in [0, 0.1) is 7.14 Å². The number of ether oxygens (including phenoxy) is 1. The fourth-order valence-electron chi connectivity index (χ4n) is 0.886. The second-order valence-corrected chi connectivity index (χ2v) is 4.80. The molecule has 0 saturated heterocycles. The largest absolute Gasteiger partial charge is 0.496 e. The Bertz CT molecular complexity index is 352. The normalized spacial score (nSPS) is 9.85. The van der Waals surface area contributed by atoms with Gasteiger partial charge in [0.25, 0.3) is 5.24 Å². The van der Waals surface area contributed by atoms with Gasteiger partial charge in [0.05, 0.1) is 12.7 Å². The molecule has 0 aliphatic rings. The second-order valence-electron chi connectivity index (χ2n) is 2.21. The number of hydrogen-bond donors (Lipinski definition) is 0. The molecule has 5 heteroatoms. The maximum absolute atomic E-state index is 11.1. The van der Waals surface area contributed by atoms with Gasteiger partial charge in [0.2, 0.25) is 0 Å². The first-order valence-electron chi connectivity index (χ1n) is 3.29. The van der Waals surface area contributed by atoms with E-state index in [2.05, 4.69) is 45.2 Å². The van der Waals surface area contributed by atoms with Gasteiger partial charge >= 0.3 is 0 Å². The van der Waals surface area contributed by atoms with Gasteiger partial charge in [-0.2, -0.15) is 0 Å². The average molecular weight is 422 g/mol. The van der Waals surface area contributed by atoms with E-state index in [0.29, 0.717) is 11.3 Å². The van der Waals surface area contributed by atoms with Crippen LogP contribution in [0.15, 0.2) is 12.1 Å². The Labute approximate surface area is 108 Å². The van der Waals surface area contributed by atoms with Crippen LogP contribution in [0.3, 0.4) is 0 Å². The number of methoxy groups -OCH3 is 1. The lowest BCUT2D eigenvalue weighted by Crippen LogP contribution is -2.00. The molecule has 1 aromatic rings. The molecule has 1 aromatic carbocycles. The molecule has 0 aliphatic carbocycles. The summed E-state index contributed by atoms with van der Waals surface area (Å²) in [5, 5.41) is -0.486. The molecule has 0 atom stereocenters. The highest BCUT2D eigenvalue weighted by Gasteiger charge is 2.15. The van der Waals surface area contributed by atoms with Gasteiger partial charge in [0, 0.05) is 7.14 Å². The van der Waals surface area contributed by atoms with Crippen molar-refractivity contribution >= 4 is 62.0 Å². The van der Waals surface area contributed by atoms with Gasteiger partial charge in [-0.3, -0.25) is 4.79 Å². The predicted octanol–water partition coefficient (Wildman–Crippen LogP) is 3.28. The second kappa shape index (κ2) is 4.79. The molecule has 70 valence electrons. The number of benzene rings is 1. The number of rotatable bonds is 2. The highest BCUT2D eigenvalue weighted by atomic mass is 127. The van der Waals surface area contributed by atoms with E-state index in [1.54, 1.807) is 6.07 Å². The molecule has 0 aromatic heterocycles. The van der Waals surface area contributed by atoms with E-state index >= 15 is 0 Å². The SMILES string of the molecule is COc1ccc(I)c(I)c1C(=O)Cl. The first kappa shape index (κ1) is 11.5. The molecule has 2 nitrogen and oxygen atoms in total. The molecule has 0 N–H and O–H groups in total. The Morgan fingerprint density at radius 1 is 1.46 bits per heavy atom. The van der Waals surface area contributed by atoms with Crippen molar-refractivity contribution in [1.82, 2.24) is 0 Å². The molecule has 0 amide bonds. The molecule has 0 heterocycles. The third-order valence-electron chi connectivity index (χ3n) is 1.47. The quantitative estimate of drug-likeness (QED) is 0.540. The van der Waals surface area contributed by atoms with Crippen LogP contribution < -0.4 is 4.74 Å². The Balaban J connectivity index is 3.41. The zero-order valence-electron chi connectivity index (χ0n) is 6.61. The van der Waals surface area contributed by atoms with E-state index in [4.69, 9.17) is 16.3 Å². The van der Waals surface area contributed by atoms with E-state index in [1.165, 1.54) is 7.11 Å². The first-order valence-corrected chi connectivity index (χ1v) is 5.83. The molecule has 0 radical (unpaired) electrons. The molecule has 1 rings (SSSR count). The molecule has 0 fully saturated rings. The molecular formula is C8H5ClI2O2. The summed E-state index contributed by atoms with van der Waals surface area (Å²) >= 11 is 9.66. The Morgan fingerprint density at radius 2 is 2.08 bits per heavy atom. The lowest BCUT2D eigenvalue weighted by Gasteiger charge is -2.07. The van der Waals surface area contributed by atoms with Crippen molar-refractivity contribution in [2.45, 2.75) is 0 Å². The topological polar surface area (TPSA) is 26.3 Å². The smallest absolute Gasteiger partial charge is 0.257 e. The van der Waals surface area contributed by atoms with Crippen molar-refractivity contribution in [3.63, 3.8) is 0 Å². The van der Waals surface area contributed by atoms with E-state index < -0.39 is 5.24 Å². The molecule has 13 heavy (non-hydrogen) atoms. The number of hydrogen-bond acceptors (Lipinski definition) is 2. The van der Waals surface area contributed by atoms with Gasteiger partial charge < -0.3 is 4.74 Å². The number of carbonyl (C=O) groups is 1. The van der Waals surface area contributed by atoms with Gasteiger partial charge in [-0.15, -0.1) is 0 Å². The van der Waals surface area contributed by atoms with E-state index in [-0.39, 0.29) is 0 Å². The molecule has 0 saturated carbocycles. The van der Waals surface area contributed by atoms with Crippen LogP contribution in [-0.4, -0.2) is 12.4 Å². The minimum Gasteiger partial charge on any atom is -0.496 e. The number of halogens is 3. The zero-order valence-corrected chi connectivity index (χ0v) is 11.7. The van der Waals surface area contributed by atoms with Crippen LogP contribution in [-0.2, 0) is 0 Å². The maximum atomic E-state index is 11.1. The summed E-state index contributed by atoms with van der Waals surface area (Å²) in [5.41, 5.74) is 0.441. The summed E-state index contributed by atoms with van der Waals surface area (Å²) in [6.45, 7) is 0. The average Bonchev–Trinajstić information content (AvgIpc) is 2.08. The maximum Gasteiger partial charge on any atom is 0.257 e. The van der Waals surface area contributed by atoms with Crippen molar-refractivity contribution in [1.29, 1.82) is 0 Å². The highest BCUT2D eigenvalue weighted by molar-refractivity contribution is 14.1. The van der Waals surface area contributed by atoms with Gasteiger partial charge in [-0.05, 0) is 68.9 Å². The van der Waals surface area contributed by atoms with Gasteiger partial charge in [-0.1, -0.05) is 0 Å². The van der Waals surface area contributed by atoms with Crippen molar-refractivity contribution in [3.05, 3.63) is 24.8 Å². The van der Waals surface area contributed by atoms with Crippen LogP contribution in [0.5, 0.6) is 5.75 Å². The number of carbonyl (C=O) groups excluding carboxylic acids is 1. The summed E-state index contributed by atoms with van der Waals surface area (Å²) in [7, 11) is 1.52. The molecule has 0 bridgehead atoms. The minimum atomic E-state index is -0.486. The highest BCUT2D eigenvalue weighted by Crippen LogP contribution is 2.29. The Hall–Kier alpha value is 0.440. The van der Waals surface area contributed by atoms with E-state index in [9.17, 15) is 4.79 Å². The fraction of sp³-hybridized carbons (Fsp3) is 0.125. The van der Waals surface area contributed by atoms with Crippen molar-refractivity contribution in [2.24, 2.45) is 0 Å². The van der Waals surface area contributed by atoms with Crippen molar-refractivity contribution < 1.29 is 9.53 Å². The van der Waals surface area contributed by atoms with Crippen LogP contribution in [0.25, 0.3) is 0 Å². The van der Waals surface area contributed by atoms with Gasteiger partial charge in [0.1, 0.15) is 5.75 Å². The van der Waals surface area contributed by atoms with Gasteiger partial charge in [-0.25, -0.2) is 0 Å². The predicted molar refractivity (Wildman–Crippen MR) is 68.6 cm³/mol. The van der Waals surface area contributed by atoms with Crippen molar-refractivity contribution in [3.8, 4) is 5.75 Å². The standard InChI is InChI=1S/C8H5ClI2O2/c1-13-5-3-2-4(10)7(11)6(5)8(9)12/h2-3H,1H3. The van der Waals surface area contributed by atoms with Crippen LogP contribution in [0.2, 0.25) is 0 Å². The molecular weight excluding hydrogens is 417 g/mol. The summed E-state index contributed by atoms with van der Waals surface area (Å²) in [6.07, 6.45) is 0. The monoisotopic (exact) mass is 422 g/mol. The minimum absolute atomic E-state index is 0.441. The Morgan fingerprint density at radius 3 is 2.54 bits per heavy atom. The molecule has 0 unspecified atom stereocenters. The third-order valence-corrected chi connectivity index (χ3v) is 4.71. The van der Waals surface area contributed by atoms with Crippen LogP contribution >= 0.6 is 56.8 Å². The summed E-state index contributed by atoms with van der Waals surface area (Å²) < 4.78 is 6.85. The fourth-order valence-corrected chi connectivity index (χ4v) is 2.37. The third kappa shape index (κ3) is 2.47. The van der Waals surface area contributed by atoms with E-state index in [1.807, 2.05) is 6.07 Å².